The lowest BCUT2D eigenvalue weighted by Gasteiger charge is -2.15. The van der Waals surface area contributed by atoms with Crippen LogP contribution in [0.5, 0.6) is 5.75 Å². The van der Waals surface area contributed by atoms with Crippen molar-refractivity contribution in [3.8, 4) is 5.75 Å². The molecule has 0 heterocycles. The van der Waals surface area contributed by atoms with Gasteiger partial charge in [0.2, 0.25) is 5.91 Å². The van der Waals surface area contributed by atoms with Crippen LogP contribution in [0.1, 0.15) is 31.2 Å². The molecule has 3 nitrogen and oxygen atoms in total. The van der Waals surface area contributed by atoms with Gasteiger partial charge in [-0.25, -0.2) is 0 Å². The predicted molar refractivity (Wildman–Crippen MR) is 60.0 cm³/mol. The predicted octanol–water partition coefficient (Wildman–Crippen LogP) is 2.95. The Hall–Kier alpha value is -1.72. The molecule has 1 rings (SSSR count). The fourth-order valence-electron chi connectivity index (χ4n) is 1.71. The quantitative estimate of drug-likeness (QED) is 0.885. The van der Waals surface area contributed by atoms with Gasteiger partial charge in [0.25, 0.3) is 0 Å². The van der Waals surface area contributed by atoms with E-state index in [1.165, 1.54) is 18.2 Å². The molecule has 1 amide bonds. The summed E-state index contributed by atoms with van der Waals surface area (Å²) in [5.74, 6) is -0.966. The molecule has 2 N–H and O–H groups in total. The summed E-state index contributed by atoms with van der Waals surface area (Å²) in [6.45, 7) is 1.84. The zero-order chi connectivity index (χ0) is 13.8. The minimum absolute atomic E-state index is 0.103. The highest BCUT2D eigenvalue weighted by molar-refractivity contribution is 5.74. The number of amides is 1. The molecule has 0 bridgehead atoms. The van der Waals surface area contributed by atoms with E-state index < -0.39 is 12.3 Å². The highest BCUT2D eigenvalue weighted by Crippen LogP contribution is 2.29. The van der Waals surface area contributed by atoms with E-state index in [1.807, 2.05) is 6.92 Å². The van der Waals surface area contributed by atoms with Gasteiger partial charge in [-0.1, -0.05) is 19.1 Å². The Labute approximate surface area is 103 Å². The van der Waals surface area contributed by atoms with Crippen LogP contribution in [0.2, 0.25) is 0 Å². The summed E-state index contributed by atoms with van der Waals surface area (Å²) >= 11 is 0. The molecular weight excluding hydrogens is 247 g/mol. The average Bonchev–Trinajstić information content (AvgIpc) is 2.23. The normalized spacial score (nSPS) is 13.1. The topological polar surface area (TPSA) is 52.3 Å². The van der Waals surface area contributed by atoms with Crippen LogP contribution in [-0.4, -0.2) is 12.3 Å². The first-order chi connectivity index (χ1) is 8.31. The van der Waals surface area contributed by atoms with Crippen molar-refractivity contribution in [1.82, 2.24) is 0 Å². The minimum atomic E-state index is -4.72. The van der Waals surface area contributed by atoms with Gasteiger partial charge in [0.15, 0.2) is 0 Å². The summed E-state index contributed by atoms with van der Waals surface area (Å²) in [7, 11) is 0. The number of nitrogens with two attached hydrogens (primary N) is 1. The summed E-state index contributed by atoms with van der Waals surface area (Å²) < 4.78 is 40.0. The maximum Gasteiger partial charge on any atom is 0.573 e. The van der Waals surface area contributed by atoms with Crippen LogP contribution in [0, 0.1) is 0 Å². The first kappa shape index (κ1) is 14.3. The van der Waals surface area contributed by atoms with Gasteiger partial charge < -0.3 is 10.5 Å². The van der Waals surface area contributed by atoms with E-state index in [2.05, 4.69) is 4.74 Å². The van der Waals surface area contributed by atoms with E-state index in [4.69, 9.17) is 5.73 Å². The third kappa shape index (κ3) is 4.65. The number of carbonyl (C=O) groups is 1. The Morgan fingerprint density at radius 3 is 2.61 bits per heavy atom. The molecule has 0 saturated carbocycles. The highest BCUT2D eigenvalue weighted by Gasteiger charge is 2.31. The molecule has 0 fully saturated rings. The van der Waals surface area contributed by atoms with Crippen molar-refractivity contribution >= 4 is 5.91 Å². The number of carbonyl (C=O) groups excluding carboxylic acids is 1. The van der Waals surface area contributed by atoms with E-state index in [0.717, 1.165) is 0 Å². The zero-order valence-electron chi connectivity index (χ0n) is 9.83. The zero-order valence-corrected chi connectivity index (χ0v) is 9.83. The summed E-state index contributed by atoms with van der Waals surface area (Å²) in [6.07, 6.45) is -4.01. The maximum absolute atomic E-state index is 12.1. The fourth-order valence-corrected chi connectivity index (χ4v) is 1.71. The molecule has 1 aromatic carbocycles. The van der Waals surface area contributed by atoms with Crippen LogP contribution < -0.4 is 10.5 Å². The molecule has 1 unspecified atom stereocenters. The Kier molecular flexibility index (Phi) is 4.58. The molecule has 1 atom stereocenters. The number of halogens is 3. The molecule has 0 aromatic heterocycles. The van der Waals surface area contributed by atoms with E-state index in [1.54, 1.807) is 6.07 Å². The number of hydrogen-bond acceptors (Lipinski definition) is 2. The van der Waals surface area contributed by atoms with Gasteiger partial charge in [-0.2, -0.15) is 0 Å². The second-order valence-electron chi connectivity index (χ2n) is 3.90. The number of hydrogen-bond donors (Lipinski definition) is 1. The van der Waals surface area contributed by atoms with E-state index in [9.17, 15) is 18.0 Å². The molecule has 0 radical (unpaired) electrons. The summed E-state index contributed by atoms with van der Waals surface area (Å²) in [6, 6.07) is 5.61. The minimum Gasteiger partial charge on any atom is -0.406 e. The number of rotatable bonds is 5. The van der Waals surface area contributed by atoms with Gasteiger partial charge >= 0.3 is 6.36 Å². The van der Waals surface area contributed by atoms with Crippen molar-refractivity contribution in [2.24, 2.45) is 5.73 Å². The molecule has 6 heteroatoms. The number of alkyl halides is 3. The highest BCUT2D eigenvalue weighted by atomic mass is 19.4. The molecule has 0 aliphatic carbocycles. The van der Waals surface area contributed by atoms with Crippen molar-refractivity contribution in [1.29, 1.82) is 0 Å². The monoisotopic (exact) mass is 261 g/mol. The first-order valence-corrected chi connectivity index (χ1v) is 5.46. The average molecular weight is 261 g/mol. The number of ether oxygens (including phenoxy) is 1. The second kappa shape index (κ2) is 5.75. The van der Waals surface area contributed by atoms with Crippen molar-refractivity contribution in [2.45, 2.75) is 32.0 Å². The maximum atomic E-state index is 12.1. The number of benzene rings is 1. The van der Waals surface area contributed by atoms with Crippen LogP contribution in [0.25, 0.3) is 0 Å². The third-order valence-corrected chi connectivity index (χ3v) is 2.50. The van der Waals surface area contributed by atoms with Crippen LogP contribution in [0.3, 0.4) is 0 Å². The molecule has 18 heavy (non-hydrogen) atoms. The van der Waals surface area contributed by atoms with Crippen molar-refractivity contribution in [3.05, 3.63) is 29.8 Å². The van der Waals surface area contributed by atoms with Gasteiger partial charge in [0.05, 0.1) is 0 Å². The standard InChI is InChI=1S/C12H14F3NO2/c1-2-8(7-11(16)17)9-4-3-5-10(6-9)18-12(13,14)15/h3-6,8H,2,7H2,1H3,(H2,16,17). The molecule has 1 aromatic rings. The Morgan fingerprint density at radius 2 is 2.11 bits per heavy atom. The molecular formula is C12H14F3NO2. The fraction of sp³-hybridized carbons (Fsp3) is 0.417. The smallest absolute Gasteiger partial charge is 0.406 e. The van der Waals surface area contributed by atoms with Crippen LogP contribution >= 0.6 is 0 Å². The van der Waals surface area contributed by atoms with Crippen molar-refractivity contribution in [3.63, 3.8) is 0 Å². The van der Waals surface area contributed by atoms with Crippen LogP contribution in [0.15, 0.2) is 24.3 Å². The van der Waals surface area contributed by atoms with Crippen molar-refractivity contribution < 1.29 is 22.7 Å². The molecule has 100 valence electrons. The van der Waals surface area contributed by atoms with Gasteiger partial charge in [0.1, 0.15) is 5.75 Å². The van der Waals surface area contributed by atoms with E-state index in [-0.39, 0.29) is 18.1 Å². The molecule has 0 aliphatic rings. The molecule has 0 saturated heterocycles. The largest absolute Gasteiger partial charge is 0.573 e. The molecule has 0 aliphatic heterocycles. The lowest BCUT2D eigenvalue weighted by atomic mass is 9.93. The Balaban J connectivity index is 2.89. The summed E-state index contributed by atoms with van der Waals surface area (Å²) in [5.41, 5.74) is 5.71. The Bertz CT molecular complexity index is 418. The second-order valence-corrected chi connectivity index (χ2v) is 3.90. The summed E-state index contributed by atoms with van der Waals surface area (Å²) in [5, 5.41) is 0. The van der Waals surface area contributed by atoms with Gasteiger partial charge in [-0.3, -0.25) is 4.79 Å². The van der Waals surface area contributed by atoms with Gasteiger partial charge in [-0.05, 0) is 30.0 Å². The number of primary amides is 1. The lowest BCUT2D eigenvalue weighted by Crippen LogP contribution is -2.18. The van der Waals surface area contributed by atoms with Gasteiger partial charge in [-0.15, -0.1) is 13.2 Å². The van der Waals surface area contributed by atoms with E-state index >= 15 is 0 Å². The van der Waals surface area contributed by atoms with Crippen LogP contribution in [0.4, 0.5) is 13.2 Å². The molecule has 0 spiro atoms. The first-order valence-electron chi connectivity index (χ1n) is 5.46. The van der Waals surface area contributed by atoms with Gasteiger partial charge in [0, 0.05) is 6.42 Å². The van der Waals surface area contributed by atoms with E-state index in [0.29, 0.717) is 12.0 Å². The van der Waals surface area contributed by atoms with Crippen LogP contribution in [-0.2, 0) is 4.79 Å². The lowest BCUT2D eigenvalue weighted by molar-refractivity contribution is -0.274. The third-order valence-electron chi connectivity index (χ3n) is 2.50. The summed E-state index contributed by atoms with van der Waals surface area (Å²) in [4.78, 5) is 10.9. The van der Waals surface area contributed by atoms with Crippen molar-refractivity contribution in [2.75, 3.05) is 0 Å². The SMILES string of the molecule is CCC(CC(N)=O)c1cccc(OC(F)(F)F)c1. The Morgan fingerprint density at radius 1 is 1.44 bits per heavy atom.